The summed E-state index contributed by atoms with van der Waals surface area (Å²) in [4.78, 5) is 4.98. The van der Waals surface area contributed by atoms with Gasteiger partial charge < -0.3 is 15.2 Å². The number of allylic oxidation sites excluding steroid dienone is 1. The number of thiophene rings is 1. The zero-order valence-corrected chi connectivity index (χ0v) is 22.4. The van der Waals surface area contributed by atoms with Gasteiger partial charge in [-0.15, -0.1) is 11.3 Å². The minimum atomic E-state index is 0.581. The van der Waals surface area contributed by atoms with Crippen molar-refractivity contribution < 1.29 is 9.47 Å². The van der Waals surface area contributed by atoms with Gasteiger partial charge >= 0.3 is 0 Å². The lowest BCUT2D eigenvalue weighted by Crippen LogP contribution is -2.01. The molecular weight excluding hydrogens is 488 g/mol. The molecule has 6 rings (SSSR count). The van der Waals surface area contributed by atoms with Gasteiger partial charge in [-0.3, -0.25) is 0 Å². The Labute approximate surface area is 226 Å². The van der Waals surface area contributed by atoms with Gasteiger partial charge in [0.2, 0.25) is 0 Å². The smallest absolute Gasteiger partial charge is 0.170 e. The molecule has 0 amide bonds. The van der Waals surface area contributed by atoms with Crippen molar-refractivity contribution in [3.8, 4) is 33.9 Å². The van der Waals surface area contributed by atoms with Crippen LogP contribution in [0, 0.1) is 0 Å². The molecular formula is C33H28N2O2S. The predicted octanol–water partition coefficient (Wildman–Crippen LogP) is 8.96. The van der Waals surface area contributed by atoms with E-state index in [1.807, 2.05) is 29.5 Å². The fourth-order valence-corrected chi connectivity index (χ4v) is 6.13. The lowest BCUT2D eigenvalue weighted by molar-refractivity contribution is 0.358. The predicted molar refractivity (Wildman–Crippen MR) is 162 cm³/mol. The van der Waals surface area contributed by atoms with E-state index in [1.165, 1.54) is 31.3 Å². The van der Waals surface area contributed by atoms with Gasteiger partial charge in [0.25, 0.3) is 0 Å². The highest BCUT2D eigenvalue weighted by atomic mass is 32.1. The van der Waals surface area contributed by atoms with Gasteiger partial charge in [0, 0.05) is 36.7 Å². The molecule has 2 aromatic heterocycles. The van der Waals surface area contributed by atoms with Crippen LogP contribution in [0.25, 0.3) is 59.5 Å². The molecule has 0 saturated heterocycles. The van der Waals surface area contributed by atoms with Crippen LogP contribution in [0.4, 0.5) is 5.69 Å². The first kappa shape index (κ1) is 24.0. The Kier molecular flexibility index (Phi) is 6.22. The molecule has 0 bridgehead atoms. The Hall–Kier alpha value is -4.35. The second kappa shape index (κ2) is 9.84. The van der Waals surface area contributed by atoms with Crippen molar-refractivity contribution in [1.82, 2.24) is 4.98 Å². The van der Waals surface area contributed by atoms with Gasteiger partial charge in [-0.1, -0.05) is 67.6 Å². The third kappa shape index (κ3) is 3.96. The second-order valence-electron chi connectivity index (χ2n) is 9.18. The van der Waals surface area contributed by atoms with Crippen LogP contribution in [0.1, 0.15) is 18.9 Å². The molecule has 0 unspecified atom stereocenters. The molecule has 2 heterocycles. The van der Waals surface area contributed by atoms with Crippen LogP contribution < -0.4 is 15.2 Å². The lowest BCUT2D eigenvalue weighted by Gasteiger charge is -2.17. The van der Waals surface area contributed by atoms with Crippen LogP contribution in [-0.2, 0) is 0 Å². The standard InChI is InChI=1S/C33H28N2O2S/c1-4-5-8-24-30(34)31-25(33(37-3)32(24)36-2)16-17-27(35-31)21-13-11-20(12-14-21)22-15-18-29-26(19-22)23-9-6-7-10-28(23)38-29/h5-19H,4,34H2,1-3H3/b8-5-. The summed E-state index contributed by atoms with van der Waals surface area (Å²) in [7, 11) is 3.28. The molecule has 6 aromatic rings. The van der Waals surface area contributed by atoms with Crippen LogP contribution >= 0.6 is 11.3 Å². The maximum absolute atomic E-state index is 6.63. The van der Waals surface area contributed by atoms with Crippen molar-refractivity contribution in [3.05, 3.63) is 90.5 Å². The summed E-state index contributed by atoms with van der Waals surface area (Å²) < 4.78 is 14.0. The maximum atomic E-state index is 6.63. The van der Waals surface area contributed by atoms with E-state index in [4.69, 9.17) is 20.2 Å². The Balaban J connectivity index is 1.41. The van der Waals surface area contributed by atoms with E-state index >= 15 is 0 Å². The number of hydrogen-bond acceptors (Lipinski definition) is 5. The summed E-state index contributed by atoms with van der Waals surface area (Å²) in [6.07, 6.45) is 4.92. The third-order valence-corrected chi connectivity index (χ3v) is 8.11. The molecule has 0 aliphatic rings. The van der Waals surface area contributed by atoms with Crippen LogP contribution in [0.15, 0.2) is 84.9 Å². The van der Waals surface area contributed by atoms with Gasteiger partial charge in [-0.2, -0.15) is 0 Å². The number of nitrogens with zero attached hydrogens (tertiary/aromatic N) is 1. The van der Waals surface area contributed by atoms with E-state index in [1.54, 1.807) is 14.2 Å². The molecule has 0 aliphatic heterocycles. The minimum absolute atomic E-state index is 0.581. The average Bonchev–Trinajstić information content (AvgIpc) is 3.34. The molecule has 0 atom stereocenters. The molecule has 38 heavy (non-hydrogen) atoms. The number of pyridine rings is 1. The monoisotopic (exact) mass is 516 g/mol. The summed E-state index contributed by atoms with van der Waals surface area (Å²) in [6, 6.07) is 27.9. The van der Waals surface area contributed by atoms with Gasteiger partial charge in [-0.25, -0.2) is 4.98 Å². The number of rotatable bonds is 6. The minimum Gasteiger partial charge on any atom is -0.492 e. The second-order valence-corrected chi connectivity index (χ2v) is 10.3. The summed E-state index contributed by atoms with van der Waals surface area (Å²) in [5.41, 5.74) is 13.0. The number of fused-ring (bicyclic) bond motifs is 4. The summed E-state index contributed by atoms with van der Waals surface area (Å²) in [5.74, 6) is 1.26. The highest BCUT2D eigenvalue weighted by Gasteiger charge is 2.19. The SMILES string of the molecule is CC/C=C\c1c(OC)c(OC)c2ccc(-c3ccc(-c4ccc5sc6ccccc6c5c4)cc3)nc2c1N. The van der Waals surface area contributed by atoms with Crippen molar-refractivity contribution >= 4 is 54.2 Å². The Bertz CT molecular complexity index is 1830. The molecule has 5 heteroatoms. The molecule has 0 fully saturated rings. The number of hydrogen-bond donors (Lipinski definition) is 1. The van der Waals surface area contributed by atoms with Crippen LogP contribution in [0.2, 0.25) is 0 Å². The van der Waals surface area contributed by atoms with Gasteiger partial charge in [-0.05, 0) is 47.9 Å². The molecule has 4 nitrogen and oxygen atoms in total. The van der Waals surface area contributed by atoms with Gasteiger partial charge in [0.05, 0.1) is 31.1 Å². The van der Waals surface area contributed by atoms with E-state index in [2.05, 4.69) is 79.7 Å². The van der Waals surface area contributed by atoms with E-state index in [0.717, 1.165) is 28.6 Å². The first-order valence-electron chi connectivity index (χ1n) is 12.7. The lowest BCUT2D eigenvalue weighted by atomic mass is 10.00. The number of nitrogens with two attached hydrogens (primary N) is 1. The summed E-state index contributed by atoms with van der Waals surface area (Å²) in [6.45, 7) is 2.08. The van der Waals surface area contributed by atoms with Crippen molar-refractivity contribution in [2.24, 2.45) is 0 Å². The van der Waals surface area contributed by atoms with Crippen molar-refractivity contribution in [2.75, 3.05) is 20.0 Å². The Morgan fingerprint density at radius 3 is 2.24 bits per heavy atom. The largest absolute Gasteiger partial charge is 0.492 e. The molecule has 0 saturated carbocycles. The zero-order chi connectivity index (χ0) is 26.2. The average molecular weight is 517 g/mol. The van der Waals surface area contributed by atoms with Gasteiger partial charge in [0.15, 0.2) is 11.5 Å². The maximum Gasteiger partial charge on any atom is 0.170 e. The van der Waals surface area contributed by atoms with Crippen LogP contribution in [0.3, 0.4) is 0 Å². The van der Waals surface area contributed by atoms with Crippen LogP contribution in [-0.4, -0.2) is 19.2 Å². The highest BCUT2D eigenvalue weighted by Crippen LogP contribution is 2.44. The highest BCUT2D eigenvalue weighted by molar-refractivity contribution is 7.25. The number of methoxy groups -OCH3 is 2. The van der Waals surface area contributed by atoms with E-state index < -0.39 is 0 Å². The quantitative estimate of drug-likeness (QED) is 0.224. The van der Waals surface area contributed by atoms with E-state index in [0.29, 0.717) is 22.7 Å². The Morgan fingerprint density at radius 2 is 1.47 bits per heavy atom. The normalized spacial score (nSPS) is 11.7. The third-order valence-electron chi connectivity index (χ3n) is 6.96. The topological polar surface area (TPSA) is 57.4 Å². The number of anilines is 1. The summed E-state index contributed by atoms with van der Waals surface area (Å²) in [5, 5.41) is 3.44. The molecule has 0 spiro atoms. The first-order valence-corrected chi connectivity index (χ1v) is 13.5. The number of aromatic nitrogens is 1. The molecule has 4 aromatic carbocycles. The number of nitrogen functional groups attached to an aromatic ring is 1. The van der Waals surface area contributed by atoms with E-state index in [-0.39, 0.29) is 0 Å². The molecule has 188 valence electrons. The Morgan fingerprint density at radius 1 is 0.763 bits per heavy atom. The number of benzene rings is 4. The van der Waals surface area contributed by atoms with E-state index in [9.17, 15) is 0 Å². The van der Waals surface area contributed by atoms with Gasteiger partial charge in [0.1, 0.15) is 0 Å². The summed E-state index contributed by atoms with van der Waals surface area (Å²) >= 11 is 1.84. The van der Waals surface area contributed by atoms with Crippen molar-refractivity contribution in [2.45, 2.75) is 13.3 Å². The van der Waals surface area contributed by atoms with Crippen molar-refractivity contribution in [3.63, 3.8) is 0 Å². The number of ether oxygens (including phenoxy) is 2. The fraction of sp³-hybridized carbons (Fsp3) is 0.121. The van der Waals surface area contributed by atoms with Crippen LogP contribution in [0.5, 0.6) is 11.5 Å². The van der Waals surface area contributed by atoms with Crippen molar-refractivity contribution in [1.29, 1.82) is 0 Å². The fourth-order valence-electron chi connectivity index (χ4n) is 5.05. The first-order chi connectivity index (χ1) is 18.6. The molecule has 0 radical (unpaired) electrons. The molecule has 2 N–H and O–H groups in total. The zero-order valence-electron chi connectivity index (χ0n) is 21.6. The molecule has 0 aliphatic carbocycles.